The molecule has 0 rings (SSSR count). The summed E-state index contributed by atoms with van der Waals surface area (Å²) in [4.78, 5) is 0. The van der Waals surface area contributed by atoms with Gasteiger partial charge in [0.1, 0.15) is 0 Å². The van der Waals surface area contributed by atoms with Crippen LogP contribution in [0.5, 0.6) is 0 Å². The van der Waals surface area contributed by atoms with Gasteiger partial charge in [-0.1, -0.05) is 77.6 Å². The third kappa shape index (κ3) is 15.2. The summed E-state index contributed by atoms with van der Waals surface area (Å²) in [6.07, 6.45) is 14.9. The lowest BCUT2D eigenvalue weighted by atomic mass is 10.0. The highest BCUT2D eigenvalue weighted by Crippen LogP contribution is 2.15. The highest BCUT2D eigenvalue weighted by molar-refractivity contribution is 7.86. The minimum Gasteiger partial charge on any atom is -0.393 e. The molecule has 0 saturated carbocycles. The number of unbranched alkanes of at least 4 members (excludes halogenated alkanes) is 9. The minimum atomic E-state index is -3.90. The Balaban J connectivity index is 3.36. The van der Waals surface area contributed by atoms with E-state index in [1.54, 1.807) is 0 Å². The van der Waals surface area contributed by atoms with E-state index in [-0.39, 0.29) is 6.10 Å². The molecule has 0 aliphatic rings. The van der Waals surface area contributed by atoms with Crippen LogP contribution in [0, 0.1) is 0 Å². The summed E-state index contributed by atoms with van der Waals surface area (Å²) in [7, 11) is -3.90. The van der Waals surface area contributed by atoms with Crippen molar-refractivity contribution in [2.45, 2.75) is 115 Å². The van der Waals surface area contributed by atoms with Gasteiger partial charge in [-0.2, -0.15) is 8.42 Å². The monoisotopic (exact) mass is 350 g/mol. The van der Waals surface area contributed by atoms with E-state index >= 15 is 0 Å². The Kier molecular flexibility index (Phi) is 14.2. The van der Waals surface area contributed by atoms with Gasteiger partial charge in [0.15, 0.2) is 0 Å². The lowest BCUT2D eigenvalue weighted by Crippen LogP contribution is -2.16. The van der Waals surface area contributed by atoms with Crippen molar-refractivity contribution in [3.63, 3.8) is 0 Å². The average Bonchev–Trinajstić information content (AvgIpc) is 2.48. The summed E-state index contributed by atoms with van der Waals surface area (Å²) in [5.41, 5.74) is 0. The van der Waals surface area contributed by atoms with E-state index in [2.05, 4.69) is 6.92 Å². The molecule has 23 heavy (non-hydrogen) atoms. The molecule has 0 bridgehead atoms. The van der Waals surface area contributed by atoms with Crippen molar-refractivity contribution in [3.05, 3.63) is 0 Å². The summed E-state index contributed by atoms with van der Waals surface area (Å²) in [6, 6.07) is 0. The van der Waals surface area contributed by atoms with Gasteiger partial charge >= 0.3 is 0 Å². The van der Waals surface area contributed by atoms with Crippen LogP contribution >= 0.6 is 0 Å². The van der Waals surface area contributed by atoms with Gasteiger partial charge in [0.05, 0.1) is 11.4 Å². The first-order chi connectivity index (χ1) is 10.9. The Morgan fingerprint density at radius 1 is 0.739 bits per heavy atom. The highest BCUT2D eigenvalue weighted by Gasteiger charge is 2.16. The largest absolute Gasteiger partial charge is 0.393 e. The quantitative estimate of drug-likeness (QED) is 0.300. The van der Waals surface area contributed by atoms with Crippen LogP contribution in [0.2, 0.25) is 0 Å². The van der Waals surface area contributed by atoms with Crippen LogP contribution in [-0.2, 0) is 10.1 Å². The molecular weight excluding hydrogens is 312 g/mol. The number of aliphatic hydroxyl groups excluding tert-OH is 1. The first kappa shape index (κ1) is 22.9. The molecule has 0 aromatic heterocycles. The molecule has 2 atom stereocenters. The van der Waals surface area contributed by atoms with Crippen molar-refractivity contribution < 1.29 is 18.1 Å². The van der Waals surface area contributed by atoms with Crippen LogP contribution in [0.3, 0.4) is 0 Å². The molecule has 0 aliphatic carbocycles. The fourth-order valence-electron chi connectivity index (χ4n) is 2.80. The molecule has 140 valence electrons. The second kappa shape index (κ2) is 14.2. The summed E-state index contributed by atoms with van der Waals surface area (Å²) in [5, 5.41) is 9.21. The molecule has 0 fully saturated rings. The van der Waals surface area contributed by atoms with Crippen molar-refractivity contribution in [1.82, 2.24) is 0 Å². The van der Waals surface area contributed by atoms with Crippen LogP contribution in [0.25, 0.3) is 0 Å². The number of aliphatic hydroxyl groups is 1. The molecule has 5 heteroatoms. The first-order valence-corrected chi connectivity index (χ1v) is 11.0. The number of rotatable bonds is 16. The minimum absolute atomic E-state index is 0.263. The molecule has 2 unspecified atom stereocenters. The Hall–Kier alpha value is -0.130. The second-order valence-corrected chi connectivity index (χ2v) is 8.72. The van der Waals surface area contributed by atoms with E-state index in [9.17, 15) is 13.5 Å². The molecule has 0 amide bonds. The molecule has 2 N–H and O–H groups in total. The van der Waals surface area contributed by atoms with E-state index in [0.29, 0.717) is 6.42 Å². The molecule has 0 aromatic carbocycles. The zero-order valence-corrected chi connectivity index (χ0v) is 16.0. The molecular formula is C18H38O4S. The second-order valence-electron chi connectivity index (χ2n) is 6.88. The topological polar surface area (TPSA) is 74.6 Å². The zero-order chi connectivity index (χ0) is 17.6. The maximum Gasteiger partial charge on any atom is 0.267 e. The van der Waals surface area contributed by atoms with E-state index in [4.69, 9.17) is 4.55 Å². The summed E-state index contributed by atoms with van der Waals surface area (Å²) in [5.74, 6) is 0. The Morgan fingerprint density at radius 3 is 1.61 bits per heavy atom. The Bertz CT molecular complexity index is 354. The predicted octanol–water partition coefficient (Wildman–Crippen LogP) is 5.10. The molecule has 4 nitrogen and oxygen atoms in total. The molecule has 0 heterocycles. The summed E-state index contributed by atoms with van der Waals surface area (Å²) >= 11 is 0. The lowest BCUT2D eigenvalue weighted by molar-refractivity contribution is 0.147. The smallest absolute Gasteiger partial charge is 0.267 e. The van der Waals surface area contributed by atoms with Crippen LogP contribution in [0.4, 0.5) is 0 Å². The SMILES string of the molecule is CCCCCCCCCCCC(O)CCCCC(C)S(=O)(=O)O. The van der Waals surface area contributed by atoms with Crippen molar-refractivity contribution >= 4 is 10.1 Å². The fraction of sp³-hybridized carbons (Fsp3) is 1.00. The maximum absolute atomic E-state index is 10.9. The molecule has 0 aromatic rings. The maximum atomic E-state index is 10.9. The summed E-state index contributed by atoms with van der Waals surface area (Å²) in [6.45, 7) is 3.76. The molecule has 0 saturated heterocycles. The Morgan fingerprint density at radius 2 is 1.13 bits per heavy atom. The number of hydrogen-bond acceptors (Lipinski definition) is 3. The zero-order valence-electron chi connectivity index (χ0n) is 15.2. The van der Waals surface area contributed by atoms with Gasteiger partial charge < -0.3 is 5.11 Å². The van der Waals surface area contributed by atoms with Crippen molar-refractivity contribution in [2.24, 2.45) is 0 Å². The lowest BCUT2D eigenvalue weighted by Gasteiger charge is -2.11. The van der Waals surface area contributed by atoms with Crippen molar-refractivity contribution in [2.75, 3.05) is 0 Å². The van der Waals surface area contributed by atoms with Crippen LogP contribution in [-0.4, -0.2) is 29.4 Å². The van der Waals surface area contributed by atoms with Gasteiger partial charge in [-0.15, -0.1) is 0 Å². The third-order valence-electron chi connectivity index (χ3n) is 4.55. The van der Waals surface area contributed by atoms with Gasteiger partial charge in [-0.25, -0.2) is 0 Å². The molecule has 0 radical (unpaired) electrons. The van der Waals surface area contributed by atoms with Gasteiger partial charge in [0, 0.05) is 0 Å². The fourth-order valence-corrected chi connectivity index (χ4v) is 3.26. The molecule has 0 aliphatic heterocycles. The van der Waals surface area contributed by atoms with Gasteiger partial charge in [-0.3, -0.25) is 4.55 Å². The van der Waals surface area contributed by atoms with E-state index in [1.165, 1.54) is 58.3 Å². The van der Waals surface area contributed by atoms with Crippen LogP contribution in [0.1, 0.15) is 104 Å². The van der Waals surface area contributed by atoms with E-state index < -0.39 is 15.4 Å². The van der Waals surface area contributed by atoms with Crippen molar-refractivity contribution in [3.8, 4) is 0 Å². The number of hydrogen-bond donors (Lipinski definition) is 2. The normalized spacial score (nSPS) is 14.8. The summed E-state index contributed by atoms with van der Waals surface area (Å²) < 4.78 is 30.6. The average molecular weight is 351 g/mol. The predicted molar refractivity (Wildman–Crippen MR) is 97.3 cm³/mol. The molecule has 0 spiro atoms. The van der Waals surface area contributed by atoms with Crippen LogP contribution < -0.4 is 0 Å². The highest BCUT2D eigenvalue weighted by atomic mass is 32.2. The van der Waals surface area contributed by atoms with Crippen LogP contribution in [0.15, 0.2) is 0 Å². The standard InChI is InChI=1S/C18H38O4S/c1-3-4-5-6-7-8-9-10-11-15-18(19)16-13-12-14-17(2)23(20,21)22/h17-19H,3-16H2,1-2H3,(H,20,21,22). The van der Waals surface area contributed by atoms with E-state index in [0.717, 1.165) is 32.1 Å². The van der Waals surface area contributed by atoms with Gasteiger partial charge in [0.2, 0.25) is 0 Å². The van der Waals surface area contributed by atoms with Gasteiger partial charge in [0.25, 0.3) is 10.1 Å². The first-order valence-electron chi connectivity index (χ1n) is 9.52. The van der Waals surface area contributed by atoms with Gasteiger partial charge in [-0.05, 0) is 26.2 Å². The Labute approximate surface area is 143 Å². The third-order valence-corrected chi connectivity index (χ3v) is 5.80. The van der Waals surface area contributed by atoms with E-state index in [1.807, 2.05) is 0 Å². The van der Waals surface area contributed by atoms with Crippen molar-refractivity contribution in [1.29, 1.82) is 0 Å².